The van der Waals surface area contributed by atoms with Crippen molar-refractivity contribution in [2.24, 2.45) is 23.2 Å². The van der Waals surface area contributed by atoms with Crippen LogP contribution in [-0.2, 0) is 10.0 Å². The maximum absolute atomic E-state index is 15.0. The van der Waals surface area contributed by atoms with Gasteiger partial charge in [0.2, 0.25) is 0 Å². The molecule has 3 aromatic rings. The number of hydrogen-bond donors (Lipinski definition) is 4. The summed E-state index contributed by atoms with van der Waals surface area (Å²) in [6, 6.07) is 11.0. The number of aliphatic hydroxyl groups excluding tert-OH is 1. The third-order valence-corrected chi connectivity index (χ3v) is 11.0. The molecule has 38 heavy (non-hydrogen) atoms. The fraction of sp³-hybridized carbons (Fsp3) is 0.464. The smallest absolute Gasteiger partial charge is 0.253 e. The van der Waals surface area contributed by atoms with Crippen LogP contribution in [0.1, 0.15) is 50.1 Å². The summed E-state index contributed by atoms with van der Waals surface area (Å²) in [5, 5.41) is 11.8. The standard InChI is InChI=1S/C28H32FN5O3S/c29-22-3-1-2-21-24-14-31-15-34(24)23(26(21)22)10-25(35)28-11-16-8-17(12-28)27(18(9-16)13-28)32-33-38(36,37)20-6-4-19(30)5-7-20/h1-7,14-18,23,25,27,32-33,35H,8-13,30H2. The number of nitrogens with one attached hydrogen (secondary N) is 2. The molecular weight excluding hydrogens is 505 g/mol. The minimum absolute atomic E-state index is 0.0142. The predicted molar refractivity (Wildman–Crippen MR) is 140 cm³/mol. The molecule has 8 rings (SSSR count). The summed E-state index contributed by atoms with van der Waals surface area (Å²) >= 11 is 0. The molecule has 0 radical (unpaired) electrons. The Balaban J connectivity index is 1.09. The molecule has 0 spiro atoms. The molecule has 5 N–H and O–H groups in total. The zero-order chi connectivity index (χ0) is 26.2. The number of halogens is 1. The van der Waals surface area contributed by atoms with Gasteiger partial charge in [0.05, 0.1) is 35.3 Å². The first-order valence-electron chi connectivity index (χ1n) is 13.4. The Morgan fingerprint density at radius 2 is 1.87 bits per heavy atom. The Kier molecular flexibility index (Phi) is 5.50. The quantitative estimate of drug-likeness (QED) is 0.270. The van der Waals surface area contributed by atoms with Crippen molar-refractivity contribution >= 4 is 15.7 Å². The van der Waals surface area contributed by atoms with Gasteiger partial charge in [0.15, 0.2) is 0 Å². The Bertz CT molecular complexity index is 1470. The summed E-state index contributed by atoms with van der Waals surface area (Å²) in [5.74, 6) is 0.805. The first-order chi connectivity index (χ1) is 18.2. The van der Waals surface area contributed by atoms with Gasteiger partial charge in [0.25, 0.3) is 10.0 Å². The van der Waals surface area contributed by atoms with Gasteiger partial charge in [-0.3, -0.25) is 0 Å². The van der Waals surface area contributed by atoms with Gasteiger partial charge in [-0.15, -0.1) is 4.83 Å². The van der Waals surface area contributed by atoms with Crippen LogP contribution in [0.5, 0.6) is 0 Å². The highest BCUT2D eigenvalue weighted by molar-refractivity contribution is 7.89. The number of nitrogens with zero attached hydrogens (tertiary/aromatic N) is 2. The summed E-state index contributed by atoms with van der Waals surface area (Å²) in [6.45, 7) is 0. The first kappa shape index (κ1) is 24.3. The average Bonchev–Trinajstić information content (AvgIpc) is 3.46. The van der Waals surface area contributed by atoms with E-state index in [0.29, 0.717) is 23.6 Å². The van der Waals surface area contributed by atoms with Crippen LogP contribution in [0.3, 0.4) is 0 Å². The van der Waals surface area contributed by atoms with Crippen LogP contribution >= 0.6 is 0 Å². The fourth-order valence-electron chi connectivity index (χ4n) is 8.28. The third kappa shape index (κ3) is 3.72. The number of anilines is 1. The summed E-state index contributed by atoms with van der Waals surface area (Å²) in [5.41, 5.74) is 11.5. The van der Waals surface area contributed by atoms with E-state index in [2.05, 4.69) is 15.2 Å². The van der Waals surface area contributed by atoms with Crippen LogP contribution in [0, 0.1) is 29.0 Å². The molecule has 2 aromatic carbocycles. The van der Waals surface area contributed by atoms with Crippen LogP contribution < -0.4 is 16.0 Å². The van der Waals surface area contributed by atoms with Crippen molar-refractivity contribution in [2.75, 3.05) is 5.73 Å². The molecule has 200 valence electrons. The summed E-state index contributed by atoms with van der Waals surface area (Å²) in [4.78, 5) is 7.07. The van der Waals surface area contributed by atoms with Crippen molar-refractivity contribution in [3.8, 4) is 11.3 Å². The Labute approximate surface area is 221 Å². The number of nitrogen functional groups attached to an aromatic ring is 1. The van der Waals surface area contributed by atoms with Crippen LogP contribution in [-0.4, -0.2) is 35.2 Å². The van der Waals surface area contributed by atoms with Crippen molar-refractivity contribution in [3.63, 3.8) is 0 Å². The average molecular weight is 538 g/mol. The van der Waals surface area contributed by atoms with Crippen molar-refractivity contribution < 1.29 is 17.9 Å². The lowest BCUT2D eigenvalue weighted by molar-refractivity contribution is -0.138. The van der Waals surface area contributed by atoms with Crippen LogP contribution in [0.25, 0.3) is 11.3 Å². The van der Waals surface area contributed by atoms with Gasteiger partial charge in [0, 0.05) is 22.9 Å². The zero-order valence-corrected chi connectivity index (χ0v) is 21.7. The lowest BCUT2D eigenvalue weighted by Crippen LogP contribution is -2.63. The molecule has 4 fully saturated rings. The van der Waals surface area contributed by atoms with Crippen LogP contribution in [0.15, 0.2) is 59.9 Å². The van der Waals surface area contributed by atoms with E-state index in [1.54, 1.807) is 30.7 Å². The van der Waals surface area contributed by atoms with Gasteiger partial charge in [-0.05, 0) is 92.0 Å². The van der Waals surface area contributed by atoms with Crippen molar-refractivity contribution in [2.45, 2.75) is 61.6 Å². The number of nitrogens with two attached hydrogens (primary N) is 1. The lowest BCUT2D eigenvalue weighted by Gasteiger charge is -2.61. The molecule has 4 bridgehead atoms. The molecule has 0 saturated heterocycles. The van der Waals surface area contributed by atoms with E-state index in [9.17, 15) is 17.9 Å². The van der Waals surface area contributed by atoms with Gasteiger partial charge in [-0.1, -0.05) is 12.1 Å². The molecule has 0 amide bonds. The van der Waals surface area contributed by atoms with E-state index in [1.807, 2.05) is 10.6 Å². The van der Waals surface area contributed by atoms with Gasteiger partial charge in [0.1, 0.15) is 5.82 Å². The molecule has 8 nitrogen and oxygen atoms in total. The molecule has 10 heteroatoms. The number of hydrazine groups is 1. The Morgan fingerprint density at radius 1 is 1.13 bits per heavy atom. The second-order valence-corrected chi connectivity index (χ2v) is 13.5. The normalized spacial score (nSPS) is 31.8. The number of aliphatic hydroxyl groups is 1. The molecule has 4 unspecified atom stereocenters. The lowest BCUT2D eigenvalue weighted by atomic mass is 9.46. The van der Waals surface area contributed by atoms with E-state index in [4.69, 9.17) is 5.73 Å². The van der Waals surface area contributed by atoms with Crippen LogP contribution in [0.4, 0.5) is 10.1 Å². The summed E-state index contributed by atoms with van der Waals surface area (Å²) < 4.78 is 42.7. The molecular formula is C28H32FN5O3S. The van der Waals surface area contributed by atoms with Crippen molar-refractivity contribution in [1.29, 1.82) is 0 Å². The van der Waals surface area contributed by atoms with Gasteiger partial charge >= 0.3 is 0 Å². The highest BCUT2D eigenvalue weighted by Crippen LogP contribution is 2.62. The third-order valence-electron chi connectivity index (χ3n) is 9.69. The van der Waals surface area contributed by atoms with E-state index in [0.717, 1.165) is 43.4 Å². The largest absolute Gasteiger partial charge is 0.399 e. The Hall–Kier alpha value is -2.79. The number of imidazole rings is 1. The molecule has 4 aliphatic carbocycles. The number of benzene rings is 2. The second-order valence-electron chi connectivity index (χ2n) is 11.8. The fourth-order valence-corrected chi connectivity index (χ4v) is 9.18. The topological polar surface area (TPSA) is 122 Å². The number of hydrogen-bond acceptors (Lipinski definition) is 6. The monoisotopic (exact) mass is 537 g/mol. The first-order valence-corrected chi connectivity index (χ1v) is 14.8. The van der Waals surface area contributed by atoms with E-state index >= 15 is 0 Å². The molecule has 2 heterocycles. The van der Waals surface area contributed by atoms with Gasteiger partial charge < -0.3 is 15.4 Å². The number of rotatable bonds is 7. The minimum Gasteiger partial charge on any atom is -0.399 e. The van der Waals surface area contributed by atoms with E-state index in [-0.39, 0.29) is 40.0 Å². The molecule has 5 aliphatic rings. The van der Waals surface area contributed by atoms with Crippen LogP contribution in [0.2, 0.25) is 0 Å². The van der Waals surface area contributed by atoms with E-state index < -0.39 is 16.1 Å². The van der Waals surface area contributed by atoms with Gasteiger partial charge in [-0.25, -0.2) is 23.2 Å². The summed E-state index contributed by atoms with van der Waals surface area (Å²) in [7, 11) is -3.72. The SMILES string of the molecule is Nc1ccc(S(=O)(=O)NNC2C3CC4CC2CC(C(O)CC2c5c(F)cccc5-c5cncn52)(C4)C3)cc1. The highest BCUT2D eigenvalue weighted by Gasteiger charge is 2.58. The second kappa shape index (κ2) is 8.61. The Morgan fingerprint density at radius 3 is 2.61 bits per heavy atom. The van der Waals surface area contributed by atoms with Crippen molar-refractivity contribution in [3.05, 3.63) is 66.4 Å². The zero-order valence-electron chi connectivity index (χ0n) is 20.9. The molecule has 1 aliphatic heterocycles. The van der Waals surface area contributed by atoms with Crippen molar-refractivity contribution in [1.82, 2.24) is 19.8 Å². The maximum Gasteiger partial charge on any atom is 0.253 e. The van der Waals surface area contributed by atoms with E-state index in [1.165, 1.54) is 18.2 Å². The molecule has 4 saturated carbocycles. The summed E-state index contributed by atoms with van der Waals surface area (Å²) in [6.07, 6.45) is 8.03. The predicted octanol–water partition coefficient (Wildman–Crippen LogP) is 3.60. The minimum atomic E-state index is -3.72. The van der Waals surface area contributed by atoms with Gasteiger partial charge in [-0.2, -0.15) is 0 Å². The highest BCUT2D eigenvalue weighted by atomic mass is 32.2. The molecule has 4 atom stereocenters. The number of aromatic nitrogens is 2. The number of fused-ring (bicyclic) bond motifs is 3. The molecule has 1 aromatic heterocycles. The number of sulfonamides is 1. The maximum atomic E-state index is 15.0.